The van der Waals surface area contributed by atoms with Crippen LogP contribution >= 0.6 is 0 Å². The molecule has 1 N–H and O–H groups in total. The van der Waals surface area contributed by atoms with E-state index in [4.69, 9.17) is 9.15 Å². The molecule has 0 fully saturated rings. The van der Waals surface area contributed by atoms with Crippen molar-refractivity contribution in [2.45, 2.75) is 40.2 Å². The lowest BCUT2D eigenvalue weighted by atomic mass is 9.90. The number of aromatic nitrogens is 1. The smallest absolute Gasteiger partial charge is 0.230 e. The van der Waals surface area contributed by atoms with Crippen LogP contribution in [0.25, 0.3) is 16.5 Å². The Morgan fingerprint density at radius 2 is 2.03 bits per heavy atom. The summed E-state index contributed by atoms with van der Waals surface area (Å²) >= 11 is 0. The SMILES string of the molecule is CCC1=CN=C(C)C(c2ccc(Oc3nccc4occc34)cc2CO)=C(C)C1. The first-order valence-corrected chi connectivity index (χ1v) is 9.77. The molecule has 5 heteroatoms. The summed E-state index contributed by atoms with van der Waals surface area (Å²) in [5.41, 5.74) is 7.12. The first-order valence-electron chi connectivity index (χ1n) is 9.77. The van der Waals surface area contributed by atoms with E-state index in [0.29, 0.717) is 11.6 Å². The number of aliphatic imine (C=N–C) groups is 1. The Morgan fingerprint density at radius 3 is 2.83 bits per heavy atom. The molecule has 0 bridgehead atoms. The average Bonchev–Trinajstić information content (AvgIpc) is 3.16. The molecule has 0 spiro atoms. The molecular weight excluding hydrogens is 364 g/mol. The minimum atomic E-state index is -0.0893. The van der Waals surface area contributed by atoms with E-state index in [-0.39, 0.29) is 6.61 Å². The number of hydrogen-bond donors (Lipinski definition) is 1. The van der Waals surface area contributed by atoms with E-state index in [2.05, 4.69) is 23.8 Å². The van der Waals surface area contributed by atoms with Crippen LogP contribution < -0.4 is 4.74 Å². The summed E-state index contributed by atoms with van der Waals surface area (Å²) in [6.07, 6.45) is 7.11. The number of hydrogen-bond acceptors (Lipinski definition) is 5. The highest BCUT2D eigenvalue weighted by Gasteiger charge is 2.17. The minimum Gasteiger partial charge on any atom is -0.464 e. The van der Waals surface area contributed by atoms with Gasteiger partial charge in [0.05, 0.1) is 18.3 Å². The second kappa shape index (κ2) is 8.05. The molecule has 2 aromatic heterocycles. The molecule has 4 rings (SSSR count). The van der Waals surface area contributed by atoms with Gasteiger partial charge in [-0.3, -0.25) is 4.99 Å². The summed E-state index contributed by atoms with van der Waals surface area (Å²) in [5.74, 6) is 1.10. The Hall–Kier alpha value is -3.18. The fourth-order valence-corrected chi connectivity index (χ4v) is 3.75. The van der Waals surface area contributed by atoms with Crippen LogP contribution in [0.1, 0.15) is 44.7 Å². The van der Waals surface area contributed by atoms with E-state index in [0.717, 1.165) is 46.2 Å². The number of nitrogens with zero attached hydrogens (tertiary/aromatic N) is 2. The number of aliphatic hydroxyl groups is 1. The van der Waals surface area contributed by atoms with Crippen molar-refractivity contribution in [2.24, 2.45) is 4.99 Å². The Kier molecular flexibility index (Phi) is 5.32. The van der Waals surface area contributed by atoms with Gasteiger partial charge in [0.25, 0.3) is 0 Å². The molecule has 1 aromatic carbocycles. The summed E-state index contributed by atoms with van der Waals surface area (Å²) in [4.78, 5) is 8.96. The highest BCUT2D eigenvalue weighted by Crippen LogP contribution is 2.34. The van der Waals surface area contributed by atoms with Crippen LogP contribution in [0.4, 0.5) is 0 Å². The van der Waals surface area contributed by atoms with E-state index in [1.54, 1.807) is 18.5 Å². The summed E-state index contributed by atoms with van der Waals surface area (Å²) in [6, 6.07) is 9.39. The molecule has 5 nitrogen and oxygen atoms in total. The third-order valence-electron chi connectivity index (χ3n) is 5.25. The molecule has 0 radical (unpaired) electrons. The Morgan fingerprint density at radius 1 is 1.17 bits per heavy atom. The zero-order valence-corrected chi connectivity index (χ0v) is 16.9. The molecule has 0 saturated carbocycles. The standard InChI is InChI=1S/C24H24N2O3/c1-4-17-11-15(2)23(16(3)26-13-17)20-6-5-19(12-18(20)14-27)29-24-21-8-10-28-22(21)7-9-25-24/h5-10,12-13,27H,4,11,14H2,1-3H3. The van der Waals surface area contributed by atoms with Crippen LogP contribution in [-0.4, -0.2) is 15.8 Å². The molecule has 3 aromatic rings. The lowest BCUT2D eigenvalue weighted by Gasteiger charge is -2.16. The molecule has 3 heterocycles. The molecule has 0 saturated heterocycles. The van der Waals surface area contributed by atoms with E-state index in [9.17, 15) is 5.11 Å². The molecule has 0 aliphatic carbocycles. The van der Waals surface area contributed by atoms with E-state index in [1.807, 2.05) is 37.4 Å². The van der Waals surface area contributed by atoms with Crippen molar-refractivity contribution < 1.29 is 14.3 Å². The maximum Gasteiger partial charge on any atom is 0.230 e. The number of allylic oxidation sites excluding steroid dienone is 3. The zero-order chi connectivity index (χ0) is 20.4. The van der Waals surface area contributed by atoms with Gasteiger partial charge in [-0.1, -0.05) is 18.6 Å². The van der Waals surface area contributed by atoms with Crippen molar-refractivity contribution in [1.82, 2.24) is 4.98 Å². The molecule has 148 valence electrons. The van der Waals surface area contributed by atoms with Gasteiger partial charge in [-0.2, -0.15) is 0 Å². The third kappa shape index (κ3) is 3.74. The molecule has 0 atom stereocenters. The lowest BCUT2D eigenvalue weighted by Crippen LogP contribution is -2.04. The molecule has 0 amide bonds. The van der Waals surface area contributed by atoms with Crippen LogP contribution in [-0.2, 0) is 6.61 Å². The summed E-state index contributed by atoms with van der Waals surface area (Å²) in [7, 11) is 0. The van der Waals surface area contributed by atoms with Crippen LogP contribution in [0.5, 0.6) is 11.6 Å². The lowest BCUT2D eigenvalue weighted by molar-refractivity contribution is 0.281. The van der Waals surface area contributed by atoms with Gasteiger partial charge in [-0.15, -0.1) is 0 Å². The number of benzene rings is 1. The maximum atomic E-state index is 10.1. The van der Waals surface area contributed by atoms with Gasteiger partial charge in [0.2, 0.25) is 5.88 Å². The van der Waals surface area contributed by atoms with E-state index in [1.165, 1.54) is 11.1 Å². The zero-order valence-electron chi connectivity index (χ0n) is 16.9. The second-order valence-electron chi connectivity index (χ2n) is 7.22. The quantitative estimate of drug-likeness (QED) is 0.578. The highest BCUT2D eigenvalue weighted by molar-refractivity contribution is 6.24. The number of aliphatic hydroxyl groups excluding tert-OH is 1. The summed E-state index contributed by atoms with van der Waals surface area (Å²) in [6.45, 7) is 6.21. The van der Waals surface area contributed by atoms with Crippen LogP contribution in [0.2, 0.25) is 0 Å². The number of fused-ring (bicyclic) bond motifs is 1. The largest absolute Gasteiger partial charge is 0.464 e. The van der Waals surface area contributed by atoms with Crippen molar-refractivity contribution >= 4 is 22.3 Å². The fraction of sp³-hybridized carbons (Fsp3) is 0.250. The Balaban J connectivity index is 1.71. The maximum absolute atomic E-state index is 10.1. The first kappa shape index (κ1) is 19.2. The van der Waals surface area contributed by atoms with Gasteiger partial charge in [0, 0.05) is 23.7 Å². The molecule has 0 unspecified atom stereocenters. The fourth-order valence-electron chi connectivity index (χ4n) is 3.75. The normalized spacial score (nSPS) is 14.6. The molecule has 1 aliphatic heterocycles. The van der Waals surface area contributed by atoms with Crippen LogP contribution in [0.3, 0.4) is 0 Å². The molecule has 29 heavy (non-hydrogen) atoms. The predicted octanol–water partition coefficient (Wildman–Crippen LogP) is 6.04. The average molecular weight is 388 g/mol. The van der Waals surface area contributed by atoms with Crippen molar-refractivity contribution in [2.75, 3.05) is 0 Å². The summed E-state index contributed by atoms with van der Waals surface area (Å²) < 4.78 is 11.4. The van der Waals surface area contributed by atoms with Crippen molar-refractivity contribution in [3.8, 4) is 11.6 Å². The topological polar surface area (TPSA) is 67.9 Å². The van der Waals surface area contributed by atoms with Crippen LogP contribution in [0, 0.1) is 0 Å². The number of rotatable bonds is 5. The van der Waals surface area contributed by atoms with Crippen molar-refractivity contribution in [1.29, 1.82) is 0 Å². The highest BCUT2D eigenvalue weighted by atomic mass is 16.5. The van der Waals surface area contributed by atoms with Crippen LogP contribution in [0.15, 0.2) is 69.5 Å². The van der Waals surface area contributed by atoms with Gasteiger partial charge in [0.1, 0.15) is 11.3 Å². The van der Waals surface area contributed by atoms with Gasteiger partial charge in [-0.25, -0.2) is 4.98 Å². The third-order valence-corrected chi connectivity index (χ3v) is 5.25. The van der Waals surface area contributed by atoms with E-state index >= 15 is 0 Å². The number of furan rings is 1. The number of ether oxygens (including phenoxy) is 1. The second-order valence-corrected chi connectivity index (χ2v) is 7.22. The van der Waals surface area contributed by atoms with Crippen molar-refractivity contribution in [3.05, 3.63) is 71.3 Å². The molecular formula is C24H24N2O3. The van der Waals surface area contributed by atoms with Gasteiger partial charge in [0.15, 0.2) is 0 Å². The van der Waals surface area contributed by atoms with Gasteiger partial charge in [-0.05, 0) is 67.7 Å². The first-order chi connectivity index (χ1) is 14.1. The van der Waals surface area contributed by atoms with E-state index < -0.39 is 0 Å². The Bertz CT molecular complexity index is 1150. The van der Waals surface area contributed by atoms with Gasteiger partial charge >= 0.3 is 0 Å². The summed E-state index contributed by atoms with van der Waals surface area (Å²) in [5, 5.41) is 10.9. The predicted molar refractivity (Wildman–Crippen MR) is 115 cm³/mol. The van der Waals surface area contributed by atoms with Gasteiger partial charge < -0.3 is 14.3 Å². The molecule has 1 aliphatic rings. The monoisotopic (exact) mass is 388 g/mol. The number of pyridine rings is 1. The van der Waals surface area contributed by atoms with Crippen molar-refractivity contribution in [3.63, 3.8) is 0 Å². The Labute approximate surface area is 170 Å². The minimum absolute atomic E-state index is 0.0893.